The summed E-state index contributed by atoms with van der Waals surface area (Å²) < 4.78 is 5.36. The Bertz CT molecular complexity index is 446. The second-order valence-corrected chi connectivity index (χ2v) is 8.47. The van der Waals surface area contributed by atoms with E-state index in [2.05, 4.69) is 13.8 Å². The van der Waals surface area contributed by atoms with Gasteiger partial charge in [0.2, 0.25) is 0 Å². The molecule has 2 saturated carbocycles. The molecule has 0 aromatic rings. The minimum Gasteiger partial charge on any atom is -0.460 e. The van der Waals surface area contributed by atoms with E-state index >= 15 is 0 Å². The van der Waals surface area contributed by atoms with E-state index in [-0.39, 0.29) is 17.6 Å². The number of rotatable bonds is 3. The summed E-state index contributed by atoms with van der Waals surface area (Å²) in [5.74, 6) is 0.986. The van der Waals surface area contributed by atoms with Gasteiger partial charge in [0.15, 0.2) is 5.60 Å². The Balaban J connectivity index is 1.66. The first kappa shape index (κ1) is 16.3. The van der Waals surface area contributed by atoms with Crippen molar-refractivity contribution in [2.24, 2.45) is 23.2 Å². The molecule has 4 nitrogen and oxygen atoms in total. The average molecular weight is 310 g/mol. The molecule has 3 aliphatic rings. The summed E-state index contributed by atoms with van der Waals surface area (Å²) in [6, 6.07) is 0. The summed E-state index contributed by atoms with van der Waals surface area (Å²) >= 11 is 0. The number of cyclic esters (lactones) is 1. The summed E-state index contributed by atoms with van der Waals surface area (Å²) in [7, 11) is 0. The van der Waals surface area contributed by atoms with Gasteiger partial charge in [0.1, 0.15) is 6.10 Å². The zero-order valence-corrected chi connectivity index (χ0v) is 14.0. The predicted octanol–water partition coefficient (Wildman–Crippen LogP) is 2.66. The SMILES string of the molecule is C[C@H](C[C@H]1C[C@@](C)(O)C(=O)O1)[C@H]1CC[C@H]2[C@@H](O)CCC[C@]12C. The third-order valence-electron chi connectivity index (χ3n) is 6.82. The minimum absolute atomic E-state index is 0.138. The number of hydrogen-bond donors (Lipinski definition) is 2. The monoisotopic (exact) mass is 310 g/mol. The van der Waals surface area contributed by atoms with Crippen molar-refractivity contribution in [3.8, 4) is 0 Å². The van der Waals surface area contributed by atoms with Gasteiger partial charge in [0.05, 0.1) is 6.10 Å². The normalized spacial score (nSPS) is 49.8. The Hall–Kier alpha value is -0.610. The molecule has 2 aliphatic carbocycles. The molecule has 2 N–H and O–H groups in total. The van der Waals surface area contributed by atoms with Gasteiger partial charge >= 0.3 is 5.97 Å². The van der Waals surface area contributed by atoms with Gasteiger partial charge in [0.25, 0.3) is 0 Å². The van der Waals surface area contributed by atoms with Gasteiger partial charge in [-0.3, -0.25) is 0 Å². The van der Waals surface area contributed by atoms with Crippen LogP contribution in [0.1, 0.15) is 65.7 Å². The minimum atomic E-state index is -1.31. The van der Waals surface area contributed by atoms with Crippen LogP contribution >= 0.6 is 0 Å². The van der Waals surface area contributed by atoms with E-state index < -0.39 is 11.6 Å². The van der Waals surface area contributed by atoms with Crippen molar-refractivity contribution in [3.05, 3.63) is 0 Å². The molecule has 0 radical (unpaired) electrons. The summed E-state index contributed by atoms with van der Waals surface area (Å²) in [6.45, 7) is 6.15. The highest BCUT2D eigenvalue weighted by Crippen LogP contribution is 2.58. The highest BCUT2D eigenvalue weighted by molar-refractivity contribution is 5.80. The molecule has 0 unspecified atom stereocenters. The zero-order valence-electron chi connectivity index (χ0n) is 14.0. The van der Waals surface area contributed by atoms with E-state index in [4.69, 9.17) is 4.74 Å². The van der Waals surface area contributed by atoms with Crippen molar-refractivity contribution in [1.29, 1.82) is 0 Å². The zero-order chi connectivity index (χ0) is 16.1. The molecule has 1 heterocycles. The lowest BCUT2D eigenvalue weighted by Crippen LogP contribution is -2.41. The van der Waals surface area contributed by atoms with Crippen LogP contribution in [0.25, 0.3) is 0 Å². The number of aliphatic hydroxyl groups is 2. The highest BCUT2D eigenvalue weighted by Gasteiger charge is 2.53. The van der Waals surface area contributed by atoms with Gasteiger partial charge in [-0.2, -0.15) is 0 Å². The fourth-order valence-corrected chi connectivity index (χ4v) is 5.68. The van der Waals surface area contributed by atoms with Crippen LogP contribution < -0.4 is 0 Å². The molecule has 3 rings (SSSR count). The molecule has 0 spiro atoms. The fraction of sp³-hybridized carbons (Fsp3) is 0.944. The highest BCUT2D eigenvalue weighted by atomic mass is 16.6. The molecule has 3 fully saturated rings. The Morgan fingerprint density at radius 1 is 1.32 bits per heavy atom. The Morgan fingerprint density at radius 2 is 2.05 bits per heavy atom. The fourth-order valence-electron chi connectivity index (χ4n) is 5.68. The van der Waals surface area contributed by atoms with E-state index in [9.17, 15) is 15.0 Å². The second-order valence-electron chi connectivity index (χ2n) is 8.47. The van der Waals surface area contributed by atoms with Crippen molar-refractivity contribution in [2.45, 2.75) is 83.5 Å². The summed E-state index contributed by atoms with van der Waals surface area (Å²) in [5.41, 5.74) is -1.09. The molecule has 126 valence electrons. The van der Waals surface area contributed by atoms with E-state index in [0.717, 1.165) is 32.1 Å². The van der Waals surface area contributed by atoms with Crippen molar-refractivity contribution < 1.29 is 19.7 Å². The molecular formula is C18H30O4. The van der Waals surface area contributed by atoms with Crippen LogP contribution in [-0.4, -0.2) is 34.0 Å². The number of hydrogen-bond acceptors (Lipinski definition) is 4. The summed E-state index contributed by atoms with van der Waals surface area (Å²) in [4.78, 5) is 11.6. The van der Waals surface area contributed by atoms with Gasteiger partial charge in [-0.1, -0.05) is 20.3 Å². The van der Waals surface area contributed by atoms with Crippen molar-refractivity contribution in [2.75, 3.05) is 0 Å². The number of ether oxygens (including phenoxy) is 1. The predicted molar refractivity (Wildman–Crippen MR) is 83.1 cm³/mol. The second kappa shape index (κ2) is 5.48. The lowest BCUT2D eigenvalue weighted by Gasteiger charge is -2.45. The van der Waals surface area contributed by atoms with Gasteiger partial charge < -0.3 is 14.9 Å². The van der Waals surface area contributed by atoms with Gasteiger partial charge in [-0.05, 0) is 62.2 Å². The van der Waals surface area contributed by atoms with E-state index in [1.165, 1.54) is 6.42 Å². The Labute approximate surface area is 133 Å². The third kappa shape index (κ3) is 2.58. The Morgan fingerprint density at radius 3 is 2.68 bits per heavy atom. The van der Waals surface area contributed by atoms with Crippen LogP contribution in [0.15, 0.2) is 0 Å². The molecule has 0 aromatic carbocycles. The lowest BCUT2D eigenvalue weighted by molar-refractivity contribution is -0.154. The molecule has 1 saturated heterocycles. The van der Waals surface area contributed by atoms with Crippen LogP contribution in [0.2, 0.25) is 0 Å². The number of aliphatic hydroxyl groups excluding tert-OH is 1. The number of fused-ring (bicyclic) bond motifs is 1. The maximum atomic E-state index is 11.6. The smallest absolute Gasteiger partial charge is 0.338 e. The van der Waals surface area contributed by atoms with Crippen LogP contribution in [-0.2, 0) is 9.53 Å². The van der Waals surface area contributed by atoms with Gasteiger partial charge in [0, 0.05) is 6.42 Å². The molecular weight excluding hydrogens is 280 g/mol. The first-order valence-corrected chi connectivity index (χ1v) is 8.85. The summed E-state index contributed by atoms with van der Waals surface area (Å²) in [6.07, 6.45) is 6.48. The molecule has 0 amide bonds. The van der Waals surface area contributed by atoms with Crippen molar-refractivity contribution >= 4 is 5.97 Å². The molecule has 22 heavy (non-hydrogen) atoms. The van der Waals surface area contributed by atoms with E-state index in [0.29, 0.717) is 24.2 Å². The van der Waals surface area contributed by atoms with Crippen LogP contribution in [0.5, 0.6) is 0 Å². The number of carbonyl (C=O) groups excluding carboxylic acids is 1. The lowest BCUT2D eigenvalue weighted by atomic mass is 9.61. The maximum Gasteiger partial charge on any atom is 0.338 e. The molecule has 7 atom stereocenters. The standard InChI is InChI=1S/C18H30O4/c1-11(9-12-10-18(3,21)16(20)22-12)13-6-7-14-15(19)5-4-8-17(13,14)2/h11-15,19,21H,4-10H2,1-3H3/t11-,12+,13-,14+,15+,17-,18-/m1/s1. The topological polar surface area (TPSA) is 66.8 Å². The number of carbonyl (C=O) groups is 1. The van der Waals surface area contributed by atoms with Crippen LogP contribution in [0.4, 0.5) is 0 Å². The van der Waals surface area contributed by atoms with Crippen LogP contribution in [0, 0.1) is 23.2 Å². The average Bonchev–Trinajstić information content (AvgIpc) is 2.87. The van der Waals surface area contributed by atoms with E-state index in [1.807, 2.05) is 0 Å². The van der Waals surface area contributed by atoms with Crippen LogP contribution in [0.3, 0.4) is 0 Å². The molecule has 0 aromatic heterocycles. The van der Waals surface area contributed by atoms with Gasteiger partial charge in [-0.15, -0.1) is 0 Å². The molecule has 1 aliphatic heterocycles. The van der Waals surface area contributed by atoms with E-state index in [1.54, 1.807) is 6.92 Å². The maximum absolute atomic E-state index is 11.6. The molecule has 4 heteroatoms. The quantitative estimate of drug-likeness (QED) is 0.787. The van der Waals surface area contributed by atoms with Crippen molar-refractivity contribution in [3.63, 3.8) is 0 Å². The third-order valence-corrected chi connectivity index (χ3v) is 6.82. The van der Waals surface area contributed by atoms with Crippen molar-refractivity contribution in [1.82, 2.24) is 0 Å². The molecule has 0 bridgehead atoms. The van der Waals surface area contributed by atoms with Gasteiger partial charge in [-0.25, -0.2) is 4.79 Å². The first-order chi connectivity index (χ1) is 10.2. The first-order valence-electron chi connectivity index (χ1n) is 8.85. The summed E-state index contributed by atoms with van der Waals surface area (Å²) in [5, 5.41) is 20.3. The number of esters is 1. The largest absolute Gasteiger partial charge is 0.460 e. The Kier molecular flexibility index (Phi) is 4.05.